The largest absolute Gasteiger partial charge is 0.480 e. The summed E-state index contributed by atoms with van der Waals surface area (Å²) in [5.74, 6) is 0.408. The quantitative estimate of drug-likeness (QED) is 0.828. The minimum atomic E-state index is -0.562. The lowest BCUT2D eigenvalue weighted by molar-refractivity contribution is -0.126. The van der Waals surface area contributed by atoms with Gasteiger partial charge in [-0.05, 0) is 24.0 Å². The molecule has 0 saturated carbocycles. The molecule has 0 heterocycles. The van der Waals surface area contributed by atoms with Crippen LogP contribution >= 0.6 is 0 Å². The van der Waals surface area contributed by atoms with Crippen LogP contribution in [0.4, 0.5) is 0 Å². The summed E-state index contributed by atoms with van der Waals surface area (Å²) in [6.07, 6.45) is 0.312. The van der Waals surface area contributed by atoms with Gasteiger partial charge in [0, 0.05) is 0 Å². The number of para-hydroxylation sites is 1. The van der Waals surface area contributed by atoms with Crippen LogP contribution in [0.15, 0.2) is 24.3 Å². The molecule has 2 N–H and O–H groups in total. The van der Waals surface area contributed by atoms with Gasteiger partial charge in [0.2, 0.25) is 0 Å². The minimum Gasteiger partial charge on any atom is -0.480 e. The molecule has 88 valence electrons. The summed E-state index contributed by atoms with van der Waals surface area (Å²) in [5.41, 5.74) is 6.41. The monoisotopic (exact) mass is 221 g/mol. The zero-order valence-corrected chi connectivity index (χ0v) is 10.1. The molecule has 1 unspecified atom stereocenters. The van der Waals surface area contributed by atoms with Gasteiger partial charge >= 0.3 is 0 Å². The number of primary amides is 1. The third-order valence-electron chi connectivity index (χ3n) is 2.49. The van der Waals surface area contributed by atoms with E-state index in [1.165, 1.54) is 0 Å². The Morgan fingerprint density at radius 3 is 2.50 bits per heavy atom. The summed E-state index contributed by atoms with van der Waals surface area (Å²) in [7, 11) is 0. The normalized spacial score (nSPS) is 12.5. The van der Waals surface area contributed by atoms with Crippen molar-refractivity contribution in [2.45, 2.75) is 33.3 Å². The average molecular weight is 221 g/mol. The number of benzene rings is 1. The number of hydrogen-bond donors (Lipinski definition) is 1. The minimum absolute atomic E-state index is 0.0717. The first-order valence-electron chi connectivity index (χ1n) is 5.60. The summed E-state index contributed by atoms with van der Waals surface area (Å²) in [6.45, 7) is 5.89. The molecule has 0 aliphatic rings. The van der Waals surface area contributed by atoms with E-state index < -0.39 is 12.0 Å². The molecule has 0 radical (unpaired) electrons. The number of ether oxygens (including phenoxy) is 1. The number of nitrogens with two attached hydrogens (primary N) is 1. The number of rotatable bonds is 5. The fourth-order valence-electron chi connectivity index (χ4n) is 1.57. The summed E-state index contributed by atoms with van der Waals surface area (Å²) in [4.78, 5) is 11.2. The third kappa shape index (κ3) is 2.99. The Balaban J connectivity index is 2.89. The molecule has 3 nitrogen and oxygen atoms in total. The van der Waals surface area contributed by atoms with Crippen molar-refractivity contribution in [1.82, 2.24) is 0 Å². The summed E-state index contributed by atoms with van der Waals surface area (Å²) in [6, 6.07) is 7.72. The zero-order chi connectivity index (χ0) is 12.1. The van der Waals surface area contributed by atoms with Gasteiger partial charge < -0.3 is 10.5 Å². The lowest BCUT2D eigenvalue weighted by Crippen LogP contribution is -2.38. The van der Waals surface area contributed by atoms with Crippen molar-refractivity contribution in [3.8, 4) is 5.75 Å². The first-order valence-corrected chi connectivity index (χ1v) is 5.60. The van der Waals surface area contributed by atoms with Gasteiger partial charge in [0.15, 0.2) is 6.10 Å². The Morgan fingerprint density at radius 2 is 2.00 bits per heavy atom. The van der Waals surface area contributed by atoms with Gasteiger partial charge in [-0.2, -0.15) is 0 Å². The lowest BCUT2D eigenvalue weighted by Gasteiger charge is -2.20. The van der Waals surface area contributed by atoms with Crippen LogP contribution in [0.5, 0.6) is 5.75 Å². The second-order valence-corrected chi connectivity index (χ2v) is 4.15. The van der Waals surface area contributed by atoms with Crippen molar-refractivity contribution in [2.24, 2.45) is 11.7 Å². The first-order chi connectivity index (χ1) is 7.56. The van der Waals surface area contributed by atoms with Crippen LogP contribution in [0.2, 0.25) is 0 Å². The van der Waals surface area contributed by atoms with Gasteiger partial charge in [-0.15, -0.1) is 0 Å². The molecular weight excluding hydrogens is 202 g/mol. The zero-order valence-electron chi connectivity index (χ0n) is 10.1. The van der Waals surface area contributed by atoms with Crippen molar-refractivity contribution in [2.75, 3.05) is 0 Å². The molecule has 0 aliphatic carbocycles. The number of hydrogen-bond acceptors (Lipinski definition) is 2. The molecule has 0 fully saturated rings. The molecule has 1 amide bonds. The molecule has 1 aromatic carbocycles. The summed E-state index contributed by atoms with van der Waals surface area (Å²) < 4.78 is 5.68. The van der Waals surface area contributed by atoms with E-state index in [4.69, 9.17) is 10.5 Å². The van der Waals surface area contributed by atoms with E-state index in [1.54, 1.807) is 0 Å². The number of carbonyl (C=O) groups is 1. The maximum atomic E-state index is 11.2. The van der Waals surface area contributed by atoms with E-state index >= 15 is 0 Å². The van der Waals surface area contributed by atoms with Crippen molar-refractivity contribution in [3.63, 3.8) is 0 Å². The number of amides is 1. The fourth-order valence-corrected chi connectivity index (χ4v) is 1.57. The van der Waals surface area contributed by atoms with Crippen LogP contribution < -0.4 is 10.5 Å². The fraction of sp³-hybridized carbons (Fsp3) is 0.462. The van der Waals surface area contributed by atoms with E-state index in [-0.39, 0.29) is 5.92 Å². The highest BCUT2D eigenvalue weighted by Crippen LogP contribution is 2.21. The van der Waals surface area contributed by atoms with Gasteiger partial charge in [-0.1, -0.05) is 39.0 Å². The second kappa shape index (κ2) is 5.54. The Kier molecular flexibility index (Phi) is 4.35. The molecular formula is C13H19NO2. The third-order valence-corrected chi connectivity index (χ3v) is 2.49. The van der Waals surface area contributed by atoms with Gasteiger partial charge in [0.1, 0.15) is 5.75 Å². The predicted molar refractivity (Wildman–Crippen MR) is 64.3 cm³/mol. The van der Waals surface area contributed by atoms with Crippen molar-refractivity contribution >= 4 is 5.91 Å². The smallest absolute Gasteiger partial charge is 0.258 e. The molecule has 1 atom stereocenters. The number of carbonyl (C=O) groups excluding carboxylic acids is 1. The molecule has 16 heavy (non-hydrogen) atoms. The van der Waals surface area contributed by atoms with Crippen LogP contribution in [-0.2, 0) is 11.2 Å². The predicted octanol–water partition coefficient (Wildman–Crippen LogP) is 2.14. The maximum Gasteiger partial charge on any atom is 0.258 e. The first kappa shape index (κ1) is 12.6. The Morgan fingerprint density at radius 1 is 1.38 bits per heavy atom. The Hall–Kier alpha value is -1.51. The lowest BCUT2D eigenvalue weighted by atomic mass is 10.1. The average Bonchev–Trinajstić information content (AvgIpc) is 2.25. The van der Waals surface area contributed by atoms with Crippen LogP contribution in [-0.4, -0.2) is 12.0 Å². The maximum absolute atomic E-state index is 11.2. The standard InChI is InChI=1S/C13H19NO2/c1-4-10-7-5-6-8-11(10)16-12(9(2)3)13(14)15/h5-9,12H,4H2,1-3H3,(H2,14,15). The van der Waals surface area contributed by atoms with E-state index in [0.717, 1.165) is 17.7 Å². The van der Waals surface area contributed by atoms with Gasteiger partial charge in [-0.3, -0.25) is 4.79 Å². The molecule has 0 spiro atoms. The number of aryl methyl sites for hydroxylation is 1. The van der Waals surface area contributed by atoms with E-state index in [0.29, 0.717) is 0 Å². The van der Waals surface area contributed by atoms with Crippen LogP contribution in [0, 0.1) is 5.92 Å². The van der Waals surface area contributed by atoms with E-state index in [1.807, 2.05) is 38.1 Å². The molecule has 0 aromatic heterocycles. The van der Waals surface area contributed by atoms with Crippen LogP contribution in [0.25, 0.3) is 0 Å². The van der Waals surface area contributed by atoms with Crippen molar-refractivity contribution in [3.05, 3.63) is 29.8 Å². The van der Waals surface area contributed by atoms with Gasteiger partial charge in [0.25, 0.3) is 5.91 Å². The van der Waals surface area contributed by atoms with Crippen LogP contribution in [0.1, 0.15) is 26.3 Å². The Bertz CT molecular complexity index is 361. The highest BCUT2D eigenvalue weighted by atomic mass is 16.5. The highest BCUT2D eigenvalue weighted by Gasteiger charge is 2.22. The van der Waals surface area contributed by atoms with Gasteiger partial charge in [-0.25, -0.2) is 0 Å². The van der Waals surface area contributed by atoms with Gasteiger partial charge in [0.05, 0.1) is 0 Å². The molecule has 1 rings (SSSR count). The summed E-state index contributed by atoms with van der Waals surface area (Å²) in [5, 5.41) is 0. The molecule has 3 heteroatoms. The molecule has 1 aromatic rings. The van der Waals surface area contributed by atoms with E-state index in [2.05, 4.69) is 6.92 Å². The van der Waals surface area contributed by atoms with Crippen LogP contribution in [0.3, 0.4) is 0 Å². The van der Waals surface area contributed by atoms with E-state index in [9.17, 15) is 4.79 Å². The summed E-state index contributed by atoms with van der Waals surface area (Å²) >= 11 is 0. The molecule has 0 aliphatic heterocycles. The van der Waals surface area contributed by atoms with Crippen molar-refractivity contribution in [1.29, 1.82) is 0 Å². The topological polar surface area (TPSA) is 52.3 Å². The molecule has 0 saturated heterocycles. The Labute approximate surface area is 96.6 Å². The molecule has 0 bridgehead atoms. The van der Waals surface area contributed by atoms with Crippen molar-refractivity contribution < 1.29 is 9.53 Å². The SMILES string of the molecule is CCc1ccccc1OC(C(N)=O)C(C)C. The highest BCUT2D eigenvalue weighted by molar-refractivity contribution is 5.79. The second-order valence-electron chi connectivity index (χ2n) is 4.15.